The van der Waals surface area contributed by atoms with E-state index in [2.05, 4.69) is 5.32 Å². The van der Waals surface area contributed by atoms with Crippen molar-refractivity contribution in [1.29, 1.82) is 0 Å². The fourth-order valence-electron chi connectivity index (χ4n) is 3.13. The van der Waals surface area contributed by atoms with Gasteiger partial charge in [-0.25, -0.2) is 0 Å². The molecule has 1 N–H and O–H groups in total. The van der Waals surface area contributed by atoms with Crippen molar-refractivity contribution < 1.29 is 18.1 Å². The van der Waals surface area contributed by atoms with Gasteiger partial charge in [0.05, 0.1) is 5.67 Å². The average Bonchev–Trinajstić information content (AvgIpc) is 2.53. The summed E-state index contributed by atoms with van der Waals surface area (Å²) in [7, 11) is -2.88. The Hall–Kier alpha value is -0.433. The summed E-state index contributed by atoms with van der Waals surface area (Å²) >= 11 is 0. The van der Waals surface area contributed by atoms with Crippen LogP contribution in [0, 0.1) is 5.92 Å². The second-order valence-electron chi connectivity index (χ2n) is 5.71. The van der Waals surface area contributed by atoms with E-state index in [1.807, 2.05) is 27.7 Å². The molecule has 1 rings (SSSR count). The first kappa shape index (κ1) is 19.6. The molecule has 22 heavy (non-hydrogen) atoms. The maximum absolute atomic E-state index is 12.6. The lowest BCUT2D eigenvalue weighted by molar-refractivity contribution is -0.126. The number of hydrogen-bond acceptors (Lipinski definition) is 4. The fraction of sp³-hybridized carbons (Fsp3) is 0.938. The predicted molar refractivity (Wildman–Crippen MR) is 89.4 cm³/mol. The van der Waals surface area contributed by atoms with Gasteiger partial charge in [0.2, 0.25) is 5.91 Å². The van der Waals surface area contributed by atoms with Gasteiger partial charge in [0.15, 0.2) is 0 Å². The average molecular weight is 332 g/mol. The number of carbonyl (C=O) groups excluding carboxylic acids is 1. The minimum absolute atomic E-state index is 0.138. The molecule has 6 heteroatoms. The smallest absolute Gasteiger partial charge is 0.373 e. The van der Waals surface area contributed by atoms with E-state index in [1.165, 1.54) is 6.42 Å². The summed E-state index contributed by atoms with van der Waals surface area (Å²) in [6, 6.07) is 0. The Bertz CT molecular complexity index is 304. The molecule has 1 saturated carbocycles. The molecular weight excluding hydrogens is 298 g/mol. The zero-order valence-corrected chi connectivity index (χ0v) is 15.7. The van der Waals surface area contributed by atoms with Crippen LogP contribution in [-0.2, 0) is 18.1 Å². The second kappa shape index (κ2) is 10.4. The van der Waals surface area contributed by atoms with E-state index in [1.54, 1.807) is 0 Å². The molecule has 1 fully saturated rings. The van der Waals surface area contributed by atoms with Crippen LogP contribution in [0.1, 0.15) is 66.2 Å². The molecular formula is C16H33NO4Si. The number of amides is 1. The summed E-state index contributed by atoms with van der Waals surface area (Å²) in [5, 5.41) is 3.18. The van der Waals surface area contributed by atoms with Crippen LogP contribution >= 0.6 is 0 Å². The van der Waals surface area contributed by atoms with Crippen molar-refractivity contribution in [2.45, 2.75) is 71.9 Å². The van der Waals surface area contributed by atoms with Gasteiger partial charge in [0, 0.05) is 25.7 Å². The van der Waals surface area contributed by atoms with Gasteiger partial charge in [-0.3, -0.25) is 4.79 Å². The number of carbonyl (C=O) groups is 1. The van der Waals surface area contributed by atoms with Crippen molar-refractivity contribution >= 4 is 14.7 Å². The van der Waals surface area contributed by atoms with Crippen LogP contribution in [0.4, 0.5) is 0 Å². The van der Waals surface area contributed by atoms with E-state index in [9.17, 15) is 4.79 Å². The highest BCUT2D eigenvalue weighted by atomic mass is 28.4. The first-order chi connectivity index (χ1) is 10.6. The summed E-state index contributed by atoms with van der Waals surface area (Å²) in [6.07, 6.45) is 6.30. The molecule has 130 valence electrons. The summed E-state index contributed by atoms with van der Waals surface area (Å²) < 4.78 is 17.8. The summed E-state index contributed by atoms with van der Waals surface area (Å²) in [5.74, 6) is 0.280. The highest BCUT2D eigenvalue weighted by Crippen LogP contribution is 2.25. The highest BCUT2D eigenvalue weighted by Gasteiger charge is 2.49. The Labute approximate surface area is 136 Å². The van der Waals surface area contributed by atoms with E-state index in [-0.39, 0.29) is 17.5 Å². The summed E-state index contributed by atoms with van der Waals surface area (Å²) in [6.45, 7) is 9.46. The molecule has 1 amide bonds. The Morgan fingerprint density at radius 2 is 1.50 bits per heavy atom. The van der Waals surface area contributed by atoms with E-state index < -0.39 is 8.80 Å². The molecule has 0 spiro atoms. The number of rotatable bonds is 10. The number of hydrogen-bond donors (Lipinski definition) is 1. The van der Waals surface area contributed by atoms with Crippen LogP contribution in [0.2, 0.25) is 0 Å². The van der Waals surface area contributed by atoms with E-state index >= 15 is 0 Å². The van der Waals surface area contributed by atoms with Gasteiger partial charge >= 0.3 is 8.80 Å². The van der Waals surface area contributed by atoms with E-state index in [0.717, 1.165) is 32.1 Å². The van der Waals surface area contributed by atoms with Gasteiger partial charge in [0.1, 0.15) is 0 Å². The first-order valence-corrected chi connectivity index (χ1v) is 10.7. The van der Waals surface area contributed by atoms with Crippen LogP contribution in [0.15, 0.2) is 0 Å². The van der Waals surface area contributed by atoms with Crippen molar-refractivity contribution in [3.8, 4) is 0 Å². The van der Waals surface area contributed by atoms with Crippen LogP contribution in [0.3, 0.4) is 0 Å². The van der Waals surface area contributed by atoms with Gasteiger partial charge in [-0.15, -0.1) is 0 Å². The van der Waals surface area contributed by atoms with Crippen LogP contribution in [-0.4, -0.2) is 40.2 Å². The Morgan fingerprint density at radius 3 is 1.91 bits per heavy atom. The molecule has 1 unspecified atom stereocenters. The predicted octanol–water partition coefficient (Wildman–Crippen LogP) is 3.05. The lowest BCUT2D eigenvalue weighted by Crippen LogP contribution is -2.63. The fourth-order valence-corrected chi connectivity index (χ4v) is 6.00. The third kappa shape index (κ3) is 5.33. The Kier molecular flexibility index (Phi) is 9.24. The lowest BCUT2D eigenvalue weighted by Gasteiger charge is -2.36. The second-order valence-corrected chi connectivity index (χ2v) is 8.48. The van der Waals surface area contributed by atoms with Crippen LogP contribution in [0.25, 0.3) is 0 Å². The Balaban J connectivity index is 2.80. The largest absolute Gasteiger partial charge is 0.524 e. The number of nitrogens with one attached hydrogen (secondary N) is 1. The first-order valence-electron chi connectivity index (χ1n) is 8.85. The molecule has 5 nitrogen and oxygen atoms in total. The van der Waals surface area contributed by atoms with Crippen molar-refractivity contribution in [2.75, 3.05) is 19.8 Å². The summed E-state index contributed by atoms with van der Waals surface area (Å²) in [4.78, 5) is 12.6. The van der Waals surface area contributed by atoms with E-state index in [4.69, 9.17) is 13.3 Å². The quantitative estimate of drug-likeness (QED) is 0.625. The lowest BCUT2D eigenvalue weighted by atomic mass is 9.89. The maximum atomic E-state index is 12.6. The van der Waals surface area contributed by atoms with Gasteiger partial charge in [-0.2, -0.15) is 0 Å². The van der Waals surface area contributed by atoms with Crippen LogP contribution in [0.5, 0.6) is 0 Å². The molecule has 0 aromatic rings. The molecule has 0 aromatic heterocycles. The zero-order chi connectivity index (χ0) is 16.4. The molecule has 0 radical (unpaired) electrons. The van der Waals surface area contributed by atoms with Crippen molar-refractivity contribution in [1.82, 2.24) is 5.32 Å². The molecule has 0 aliphatic heterocycles. The van der Waals surface area contributed by atoms with Crippen molar-refractivity contribution in [3.63, 3.8) is 0 Å². The molecule has 1 aliphatic carbocycles. The van der Waals surface area contributed by atoms with Gasteiger partial charge < -0.3 is 18.6 Å². The molecule has 0 bridgehead atoms. The molecule has 0 saturated heterocycles. The Morgan fingerprint density at radius 1 is 1.00 bits per heavy atom. The minimum atomic E-state index is -2.88. The summed E-state index contributed by atoms with van der Waals surface area (Å²) in [5.41, 5.74) is -0.165. The standard InChI is InChI=1S/C16H33NO4Si/c1-5-15(17-16(18)14-12-10-9-11-13-14)22(19-6-2,20-7-3)21-8-4/h14-15H,5-13H2,1-4H3,(H,17,18). The molecule has 1 aliphatic rings. The highest BCUT2D eigenvalue weighted by molar-refractivity contribution is 6.62. The van der Waals surface area contributed by atoms with Crippen molar-refractivity contribution in [3.05, 3.63) is 0 Å². The normalized spacial score (nSPS) is 18.2. The molecule has 0 aromatic carbocycles. The zero-order valence-electron chi connectivity index (χ0n) is 14.7. The van der Waals surface area contributed by atoms with Crippen molar-refractivity contribution in [2.24, 2.45) is 5.92 Å². The van der Waals surface area contributed by atoms with Gasteiger partial charge in [0.25, 0.3) is 0 Å². The monoisotopic (exact) mass is 331 g/mol. The van der Waals surface area contributed by atoms with E-state index in [0.29, 0.717) is 19.8 Å². The van der Waals surface area contributed by atoms with Crippen LogP contribution < -0.4 is 5.32 Å². The topological polar surface area (TPSA) is 56.8 Å². The minimum Gasteiger partial charge on any atom is -0.373 e. The molecule has 1 atom stereocenters. The third-order valence-corrected chi connectivity index (χ3v) is 7.64. The maximum Gasteiger partial charge on any atom is 0.524 e. The third-order valence-electron chi connectivity index (χ3n) is 4.16. The van der Waals surface area contributed by atoms with Gasteiger partial charge in [-0.1, -0.05) is 26.2 Å². The molecule has 0 heterocycles. The van der Waals surface area contributed by atoms with Gasteiger partial charge in [-0.05, 0) is 40.0 Å². The SMILES string of the molecule is CCO[Si](OCC)(OCC)C(CC)NC(=O)C1CCCCC1.